The summed E-state index contributed by atoms with van der Waals surface area (Å²) in [5, 5.41) is 9.59. The van der Waals surface area contributed by atoms with Gasteiger partial charge in [0.25, 0.3) is 5.56 Å². The van der Waals surface area contributed by atoms with Gasteiger partial charge in [0.1, 0.15) is 0 Å². The molecule has 1 saturated heterocycles. The Morgan fingerprint density at radius 3 is 2.61 bits per heavy atom. The highest BCUT2D eigenvalue weighted by atomic mass is 31.2. The first-order valence-electron chi connectivity index (χ1n) is 8.94. The molecule has 3 atom stereocenters. The lowest BCUT2D eigenvalue weighted by atomic mass is 10.2. The molecule has 0 radical (unpaired) electrons. The van der Waals surface area contributed by atoms with E-state index in [-0.39, 0.29) is 24.3 Å². The van der Waals surface area contributed by atoms with Gasteiger partial charge in [-0.1, -0.05) is 0 Å². The molecule has 3 heterocycles. The summed E-state index contributed by atoms with van der Waals surface area (Å²) in [6.07, 6.45) is 0.529. The summed E-state index contributed by atoms with van der Waals surface area (Å²) in [7, 11) is -9.20. The van der Waals surface area contributed by atoms with Crippen molar-refractivity contribution in [1.82, 2.24) is 24.4 Å². The number of rotatable bonds is 8. The van der Waals surface area contributed by atoms with Crippen LogP contribution < -0.4 is 5.56 Å². The number of likely N-dealkylation sites (tertiary alicyclic amines) is 1. The van der Waals surface area contributed by atoms with Crippen LogP contribution in [0.3, 0.4) is 0 Å². The van der Waals surface area contributed by atoms with Crippen molar-refractivity contribution in [1.29, 1.82) is 0 Å². The zero-order valence-corrected chi connectivity index (χ0v) is 17.7. The van der Waals surface area contributed by atoms with Crippen molar-refractivity contribution >= 4 is 32.3 Å². The summed E-state index contributed by atoms with van der Waals surface area (Å²) in [5.41, 5.74) is -0.282. The van der Waals surface area contributed by atoms with Crippen molar-refractivity contribution < 1.29 is 43.3 Å². The topological polar surface area (TPSA) is 228 Å². The molecule has 2 aromatic heterocycles. The smallest absolute Gasteiger partial charge is 0.356 e. The van der Waals surface area contributed by atoms with E-state index < -0.39 is 63.8 Å². The molecule has 0 spiro atoms. The number of aliphatic hydroxyl groups is 1. The second-order valence-corrected chi connectivity index (χ2v) is 10.6. The lowest BCUT2D eigenvalue weighted by molar-refractivity contribution is -0.130. The lowest BCUT2D eigenvalue weighted by Gasteiger charge is -2.22. The number of imidazole rings is 1. The molecular weight excluding hydrogens is 460 g/mol. The third-order valence-corrected chi connectivity index (χ3v) is 6.51. The molecule has 3 rings (SSSR count). The van der Waals surface area contributed by atoms with E-state index in [2.05, 4.69) is 15.0 Å². The van der Waals surface area contributed by atoms with Gasteiger partial charge in [0, 0.05) is 19.5 Å². The van der Waals surface area contributed by atoms with Crippen molar-refractivity contribution in [3.63, 3.8) is 0 Å². The molecule has 1 fully saturated rings. The number of hydrogen-bond acceptors (Lipinski definition) is 8. The highest BCUT2D eigenvalue weighted by molar-refractivity contribution is 7.52. The standard InChI is InChI=1S/C14H21N5O10P2/c20-10(1-2-30(23,24)25)18-3-8(9(4-18)29-5-11(21)31(26,27)28)19-7-17-12-13(19)15-6-16-14(12)22/h6-9,11,21H,1-5H2,(H,15,16,22)(H2,23,24,25)(H2,26,27,28). The highest BCUT2D eigenvalue weighted by Crippen LogP contribution is 2.40. The molecule has 0 aliphatic carbocycles. The first kappa shape index (κ1) is 23.7. The second-order valence-electron chi connectivity index (χ2n) is 7.00. The minimum absolute atomic E-state index is 0.00337. The van der Waals surface area contributed by atoms with Crippen molar-refractivity contribution in [2.24, 2.45) is 0 Å². The van der Waals surface area contributed by atoms with Crippen LogP contribution in [-0.4, -0.2) is 92.8 Å². The molecule has 0 aromatic carbocycles. The Bertz CT molecular complexity index is 1110. The van der Waals surface area contributed by atoms with Gasteiger partial charge < -0.3 is 43.9 Å². The molecule has 1 aliphatic heterocycles. The van der Waals surface area contributed by atoms with E-state index in [1.165, 1.54) is 15.8 Å². The maximum atomic E-state index is 12.4. The quantitative estimate of drug-likeness (QED) is 0.224. The van der Waals surface area contributed by atoms with Crippen LogP contribution in [0.1, 0.15) is 12.5 Å². The van der Waals surface area contributed by atoms with Crippen molar-refractivity contribution in [3.05, 3.63) is 23.0 Å². The summed E-state index contributed by atoms with van der Waals surface area (Å²) < 4.78 is 29.2. The Morgan fingerprint density at radius 2 is 1.97 bits per heavy atom. The number of ether oxygens (including phenoxy) is 1. The Kier molecular flexibility index (Phi) is 6.79. The molecule has 172 valence electrons. The fourth-order valence-electron chi connectivity index (χ4n) is 3.20. The summed E-state index contributed by atoms with van der Waals surface area (Å²) in [4.78, 5) is 72.1. The summed E-state index contributed by atoms with van der Waals surface area (Å²) >= 11 is 0. The number of hydrogen-bond donors (Lipinski definition) is 6. The predicted molar refractivity (Wildman–Crippen MR) is 103 cm³/mol. The van der Waals surface area contributed by atoms with Gasteiger partial charge in [-0.2, -0.15) is 0 Å². The molecule has 15 nitrogen and oxygen atoms in total. The van der Waals surface area contributed by atoms with Gasteiger partial charge >= 0.3 is 15.2 Å². The molecule has 2 aromatic rings. The van der Waals surface area contributed by atoms with E-state index in [9.17, 15) is 23.8 Å². The SMILES string of the molecule is O=C(CCP(=O)(O)O)N1CC(OCC(O)P(=O)(O)O)C(n2cnc3c(=O)[nH]cnc32)C1. The number of carbonyl (C=O) groups is 1. The lowest BCUT2D eigenvalue weighted by Crippen LogP contribution is -2.31. The van der Waals surface area contributed by atoms with Gasteiger partial charge in [0.15, 0.2) is 17.0 Å². The molecule has 31 heavy (non-hydrogen) atoms. The predicted octanol–water partition coefficient (Wildman–Crippen LogP) is -2.05. The zero-order valence-electron chi connectivity index (χ0n) is 15.9. The average Bonchev–Trinajstić information content (AvgIpc) is 3.27. The van der Waals surface area contributed by atoms with Crippen LogP contribution in [0.4, 0.5) is 0 Å². The van der Waals surface area contributed by atoms with Crippen molar-refractivity contribution in [3.8, 4) is 0 Å². The number of amides is 1. The van der Waals surface area contributed by atoms with Crippen LogP contribution in [0, 0.1) is 0 Å². The van der Waals surface area contributed by atoms with Crippen molar-refractivity contribution in [2.45, 2.75) is 24.4 Å². The number of fused-ring (bicyclic) bond motifs is 1. The average molecular weight is 481 g/mol. The number of aliphatic hydroxyl groups excluding tert-OH is 1. The number of nitrogens with zero attached hydrogens (tertiary/aromatic N) is 4. The summed E-state index contributed by atoms with van der Waals surface area (Å²) in [5.74, 6) is -2.64. The minimum Gasteiger partial charge on any atom is -0.378 e. The van der Waals surface area contributed by atoms with Crippen LogP contribution in [-0.2, 0) is 18.7 Å². The van der Waals surface area contributed by atoms with Crippen LogP contribution in [0.25, 0.3) is 11.2 Å². The summed E-state index contributed by atoms with van der Waals surface area (Å²) in [6, 6.07) is -0.692. The molecular formula is C14H21N5O10P2. The van der Waals surface area contributed by atoms with Crippen LogP contribution in [0.2, 0.25) is 0 Å². The maximum absolute atomic E-state index is 12.4. The van der Waals surface area contributed by atoms with Crippen LogP contribution in [0.15, 0.2) is 17.4 Å². The molecule has 1 aliphatic rings. The van der Waals surface area contributed by atoms with Gasteiger partial charge in [-0.3, -0.25) is 18.7 Å². The van der Waals surface area contributed by atoms with E-state index in [4.69, 9.17) is 24.3 Å². The number of aromatic amines is 1. The fraction of sp³-hybridized carbons (Fsp3) is 0.571. The highest BCUT2D eigenvalue weighted by Gasteiger charge is 2.39. The number of nitrogens with one attached hydrogen (secondary N) is 1. The van der Waals surface area contributed by atoms with Gasteiger partial charge in [-0.25, -0.2) is 9.97 Å². The van der Waals surface area contributed by atoms with Gasteiger partial charge in [0.2, 0.25) is 5.91 Å². The maximum Gasteiger partial charge on any atom is 0.356 e. The normalized spacial score (nSPS) is 21.0. The fourth-order valence-corrected chi connectivity index (χ4v) is 3.97. The van der Waals surface area contributed by atoms with Crippen LogP contribution in [0.5, 0.6) is 0 Å². The summed E-state index contributed by atoms with van der Waals surface area (Å²) in [6.45, 7) is -0.811. The largest absolute Gasteiger partial charge is 0.378 e. The Balaban J connectivity index is 1.84. The van der Waals surface area contributed by atoms with E-state index in [1.54, 1.807) is 0 Å². The zero-order chi connectivity index (χ0) is 23.0. The molecule has 0 bridgehead atoms. The van der Waals surface area contributed by atoms with E-state index in [0.29, 0.717) is 0 Å². The Morgan fingerprint density at radius 1 is 1.26 bits per heavy atom. The number of carbonyl (C=O) groups excluding carboxylic acids is 1. The van der Waals surface area contributed by atoms with E-state index in [0.717, 1.165) is 6.33 Å². The number of H-pyrrole nitrogens is 1. The molecule has 6 N–H and O–H groups in total. The van der Waals surface area contributed by atoms with Gasteiger partial charge in [-0.15, -0.1) is 0 Å². The molecule has 3 unspecified atom stereocenters. The first-order valence-corrected chi connectivity index (χ1v) is 12.4. The molecule has 0 saturated carbocycles. The molecule has 1 amide bonds. The van der Waals surface area contributed by atoms with E-state index >= 15 is 0 Å². The van der Waals surface area contributed by atoms with Gasteiger partial charge in [0.05, 0.1) is 37.6 Å². The third kappa shape index (κ3) is 5.64. The first-order chi connectivity index (χ1) is 14.4. The number of aromatic nitrogens is 4. The van der Waals surface area contributed by atoms with Crippen LogP contribution >= 0.6 is 15.2 Å². The van der Waals surface area contributed by atoms with Crippen molar-refractivity contribution in [2.75, 3.05) is 25.9 Å². The van der Waals surface area contributed by atoms with Gasteiger partial charge in [-0.05, 0) is 0 Å². The Hall–Kier alpha value is -1.96. The second kappa shape index (κ2) is 8.88. The molecule has 17 heteroatoms. The van der Waals surface area contributed by atoms with E-state index in [1.807, 2.05) is 0 Å². The minimum atomic E-state index is -4.82. The Labute approximate surface area is 174 Å². The third-order valence-electron chi connectivity index (χ3n) is 4.78. The monoisotopic (exact) mass is 481 g/mol.